The number of benzene rings is 1. The van der Waals surface area contributed by atoms with Gasteiger partial charge in [-0.1, -0.05) is 18.2 Å². The molecule has 3 unspecified atom stereocenters. The minimum absolute atomic E-state index is 0.0114. The molecule has 7 atom stereocenters. The van der Waals surface area contributed by atoms with Gasteiger partial charge < -0.3 is 33.2 Å². The van der Waals surface area contributed by atoms with Gasteiger partial charge in [-0.15, -0.1) is 0 Å². The van der Waals surface area contributed by atoms with E-state index in [0.717, 1.165) is 50.9 Å². The van der Waals surface area contributed by atoms with Gasteiger partial charge >= 0.3 is 5.97 Å². The van der Waals surface area contributed by atoms with E-state index in [2.05, 4.69) is 0 Å². The van der Waals surface area contributed by atoms with Crippen LogP contribution < -0.4 is 4.74 Å². The second-order valence-electron chi connectivity index (χ2n) is 9.58. The van der Waals surface area contributed by atoms with Gasteiger partial charge in [0, 0.05) is 25.6 Å². The Kier molecular flexibility index (Phi) is 8.34. The van der Waals surface area contributed by atoms with Crippen molar-refractivity contribution in [2.24, 2.45) is 5.92 Å². The van der Waals surface area contributed by atoms with Gasteiger partial charge in [0.15, 0.2) is 12.6 Å². The summed E-state index contributed by atoms with van der Waals surface area (Å²) < 4.78 is 42.1. The first kappa shape index (κ1) is 24.0. The molecule has 3 heterocycles. The third-order valence-corrected chi connectivity index (χ3v) is 7.02. The normalized spacial score (nSPS) is 34.4. The van der Waals surface area contributed by atoms with Crippen molar-refractivity contribution in [2.45, 2.75) is 88.4 Å². The van der Waals surface area contributed by atoms with Gasteiger partial charge in [0.1, 0.15) is 24.6 Å². The molecule has 5 rings (SSSR count). The van der Waals surface area contributed by atoms with Crippen LogP contribution in [-0.4, -0.2) is 69.4 Å². The molecule has 8 heteroatoms. The molecule has 1 saturated carbocycles. The lowest BCUT2D eigenvalue weighted by Crippen LogP contribution is -2.40. The number of carbonyl (C=O) groups excluding carboxylic acids is 1. The Balaban J connectivity index is 1.22. The lowest BCUT2D eigenvalue weighted by atomic mass is 10.0. The van der Waals surface area contributed by atoms with Gasteiger partial charge in [0.25, 0.3) is 0 Å². The minimum Gasteiger partial charge on any atom is -0.491 e. The Morgan fingerprint density at radius 2 is 1.71 bits per heavy atom. The highest BCUT2D eigenvalue weighted by atomic mass is 16.7. The van der Waals surface area contributed by atoms with Gasteiger partial charge in [-0.05, 0) is 50.7 Å². The number of hydrogen-bond donors (Lipinski definition) is 0. The van der Waals surface area contributed by atoms with Crippen molar-refractivity contribution in [3.63, 3.8) is 0 Å². The zero-order valence-electron chi connectivity index (χ0n) is 19.7. The van der Waals surface area contributed by atoms with E-state index in [0.29, 0.717) is 32.7 Å². The molecule has 34 heavy (non-hydrogen) atoms. The van der Waals surface area contributed by atoms with Crippen molar-refractivity contribution < 1.29 is 38.0 Å². The first-order chi connectivity index (χ1) is 16.7. The number of esters is 1. The predicted octanol–water partition coefficient (Wildman–Crippen LogP) is 3.61. The standard InChI is InChI=1S/C26H36O8/c27-23-14-20-21(33-23)15-22(34-25-11-5-7-13-29-25)26(20)31-17-19(32-24-10-4-6-12-28-24)16-30-18-8-2-1-3-9-18/h1-3,8-9,19-22,24-26H,4-7,10-17H2/t19?,20-,21-,22+,24?,25?,26+/m1/s1. The number of fused-ring (bicyclic) bond motifs is 1. The average molecular weight is 477 g/mol. The van der Waals surface area contributed by atoms with Gasteiger partial charge in [-0.25, -0.2) is 0 Å². The summed E-state index contributed by atoms with van der Waals surface area (Å²) in [5.41, 5.74) is 0. The maximum absolute atomic E-state index is 12.0. The summed E-state index contributed by atoms with van der Waals surface area (Å²) in [6.07, 6.45) is 5.68. The van der Waals surface area contributed by atoms with Crippen LogP contribution in [-0.2, 0) is 33.2 Å². The smallest absolute Gasteiger partial charge is 0.306 e. The van der Waals surface area contributed by atoms with Crippen molar-refractivity contribution in [3.8, 4) is 5.75 Å². The summed E-state index contributed by atoms with van der Waals surface area (Å²) in [6.45, 7) is 2.09. The van der Waals surface area contributed by atoms with Crippen LogP contribution in [0.1, 0.15) is 51.4 Å². The Morgan fingerprint density at radius 1 is 0.941 bits per heavy atom. The maximum atomic E-state index is 12.0. The Labute approximate surface area is 201 Å². The van der Waals surface area contributed by atoms with Crippen molar-refractivity contribution in [1.82, 2.24) is 0 Å². The quantitative estimate of drug-likeness (QED) is 0.474. The van der Waals surface area contributed by atoms with Crippen molar-refractivity contribution in [1.29, 1.82) is 0 Å². The molecule has 0 amide bonds. The van der Waals surface area contributed by atoms with Crippen LogP contribution in [0, 0.1) is 5.92 Å². The maximum Gasteiger partial charge on any atom is 0.306 e. The molecule has 3 saturated heterocycles. The second-order valence-corrected chi connectivity index (χ2v) is 9.58. The Morgan fingerprint density at radius 3 is 2.44 bits per heavy atom. The Hall–Kier alpha value is -1.71. The summed E-state index contributed by atoms with van der Waals surface area (Å²) in [7, 11) is 0. The highest BCUT2D eigenvalue weighted by Crippen LogP contribution is 2.41. The van der Waals surface area contributed by atoms with E-state index in [9.17, 15) is 4.79 Å². The molecule has 188 valence electrons. The van der Waals surface area contributed by atoms with E-state index < -0.39 is 0 Å². The monoisotopic (exact) mass is 476 g/mol. The van der Waals surface area contributed by atoms with Crippen LogP contribution >= 0.6 is 0 Å². The minimum atomic E-state index is -0.313. The number of carbonyl (C=O) groups is 1. The van der Waals surface area contributed by atoms with E-state index >= 15 is 0 Å². The van der Waals surface area contributed by atoms with E-state index in [1.807, 2.05) is 30.3 Å². The first-order valence-corrected chi connectivity index (χ1v) is 12.8. The zero-order chi connectivity index (χ0) is 23.2. The predicted molar refractivity (Wildman–Crippen MR) is 121 cm³/mol. The fourth-order valence-electron chi connectivity index (χ4n) is 5.28. The molecule has 4 fully saturated rings. The second kappa shape index (κ2) is 11.8. The molecule has 1 aromatic carbocycles. The van der Waals surface area contributed by atoms with Crippen molar-refractivity contribution >= 4 is 5.97 Å². The molecule has 0 aromatic heterocycles. The molecule has 0 radical (unpaired) electrons. The van der Waals surface area contributed by atoms with Gasteiger partial charge in [-0.3, -0.25) is 4.79 Å². The first-order valence-electron chi connectivity index (χ1n) is 12.8. The van der Waals surface area contributed by atoms with Gasteiger partial charge in [-0.2, -0.15) is 0 Å². The summed E-state index contributed by atoms with van der Waals surface area (Å²) >= 11 is 0. The van der Waals surface area contributed by atoms with Gasteiger partial charge in [0.2, 0.25) is 0 Å². The molecule has 0 spiro atoms. The molecule has 4 aliphatic rings. The molecule has 0 N–H and O–H groups in total. The van der Waals surface area contributed by atoms with Crippen LogP contribution in [0.4, 0.5) is 0 Å². The lowest BCUT2D eigenvalue weighted by Gasteiger charge is -2.32. The van der Waals surface area contributed by atoms with E-state index in [4.69, 9.17) is 33.2 Å². The third kappa shape index (κ3) is 6.29. The van der Waals surface area contributed by atoms with E-state index in [1.165, 1.54) is 0 Å². The molecular formula is C26H36O8. The summed E-state index contributed by atoms with van der Waals surface area (Å²) in [4.78, 5) is 12.0. The van der Waals surface area contributed by atoms with Crippen molar-refractivity contribution in [2.75, 3.05) is 26.4 Å². The SMILES string of the molecule is O=C1C[C@H]2[C@H](OCC(COc3ccccc3)OC3CCCCO3)[C@@H](OC3CCCCO3)C[C@H]2O1. The highest BCUT2D eigenvalue weighted by molar-refractivity contribution is 5.72. The summed E-state index contributed by atoms with van der Waals surface area (Å²) in [5.74, 6) is 0.613. The summed E-state index contributed by atoms with van der Waals surface area (Å²) in [5, 5.41) is 0. The number of hydrogen-bond acceptors (Lipinski definition) is 8. The molecule has 0 bridgehead atoms. The van der Waals surface area contributed by atoms with Crippen LogP contribution in [0.5, 0.6) is 5.75 Å². The lowest BCUT2D eigenvalue weighted by molar-refractivity contribution is -0.226. The molecule has 1 aliphatic carbocycles. The largest absolute Gasteiger partial charge is 0.491 e. The molecule has 3 aliphatic heterocycles. The third-order valence-electron chi connectivity index (χ3n) is 7.02. The number of para-hydroxylation sites is 1. The average Bonchev–Trinajstić information content (AvgIpc) is 3.38. The number of ether oxygens (including phenoxy) is 7. The number of rotatable bonds is 10. The molecule has 1 aromatic rings. The highest BCUT2D eigenvalue weighted by Gasteiger charge is 2.52. The fraction of sp³-hybridized carbons (Fsp3) is 0.731. The molecule has 8 nitrogen and oxygen atoms in total. The summed E-state index contributed by atoms with van der Waals surface area (Å²) in [6, 6.07) is 9.68. The molecular weight excluding hydrogens is 440 g/mol. The van der Waals surface area contributed by atoms with Gasteiger partial charge in [0.05, 0.1) is 25.2 Å². The fourth-order valence-corrected chi connectivity index (χ4v) is 5.28. The Bertz CT molecular complexity index is 761. The van der Waals surface area contributed by atoms with Crippen LogP contribution in [0.15, 0.2) is 30.3 Å². The van der Waals surface area contributed by atoms with Crippen LogP contribution in [0.3, 0.4) is 0 Å². The zero-order valence-corrected chi connectivity index (χ0v) is 19.7. The van der Waals surface area contributed by atoms with Crippen LogP contribution in [0.25, 0.3) is 0 Å². The van der Waals surface area contributed by atoms with Crippen LogP contribution in [0.2, 0.25) is 0 Å². The topological polar surface area (TPSA) is 81.7 Å². The van der Waals surface area contributed by atoms with E-state index in [1.54, 1.807) is 0 Å². The van der Waals surface area contributed by atoms with E-state index in [-0.39, 0.29) is 48.9 Å². The van der Waals surface area contributed by atoms with Crippen molar-refractivity contribution in [3.05, 3.63) is 30.3 Å².